The number of hydrogen-bond donors (Lipinski definition) is 2. The highest BCUT2D eigenvalue weighted by molar-refractivity contribution is 5.81. The molecule has 0 aliphatic rings. The molecule has 0 heterocycles. The van der Waals surface area contributed by atoms with E-state index in [9.17, 15) is 4.79 Å². The molecule has 0 bridgehead atoms. The maximum atomic E-state index is 11.5. The van der Waals surface area contributed by atoms with Gasteiger partial charge in [-0.25, -0.2) is 0 Å². The topological polar surface area (TPSA) is 55.1 Å². The van der Waals surface area contributed by atoms with Crippen LogP contribution in [0.4, 0.5) is 0 Å². The lowest BCUT2D eigenvalue weighted by Gasteiger charge is -2.20. The van der Waals surface area contributed by atoms with Crippen molar-refractivity contribution in [2.45, 2.75) is 59.0 Å². The van der Waals surface area contributed by atoms with Crippen LogP contribution in [0.2, 0.25) is 0 Å². The summed E-state index contributed by atoms with van der Waals surface area (Å²) in [4.78, 5) is 11.5. The molecule has 0 aromatic carbocycles. The lowest BCUT2D eigenvalue weighted by Crippen LogP contribution is -2.45. The molecule has 0 saturated heterocycles. The van der Waals surface area contributed by atoms with Crippen molar-refractivity contribution < 1.29 is 4.79 Å². The van der Waals surface area contributed by atoms with Gasteiger partial charge in [-0.1, -0.05) is 27.7 Å². The van der Waals surface area contributed by atoms with Crippen LogP contribution in [0, 0.1) is 5.92 Å². The van der Waals surface area contributed by atoms with E-state index in [0.717, 1.165) is 12.8 Å². The average molecular weight is 200 g/mol. The van der Waals surface area contributed by atoms with Crippen molar-refractivity contribution in [2.75, 3.05) is 0 Å². The first kappa shape index (κ1) is 13.4. The molecule has 0 rings (SSSR count). The maximum Gasteiger partial charge on any atom is 0.237 e. The molecule has 0 aromatic rings. The third-order valence-corrected chi connectivity index (χ3v) is 2.37. The van der Waals surface area contributed by atoms with Crippen LogP contribution < -0.4 is 11.1 Å². The van der Waals surface area contributed by atoms with Gasteiger partial charge in [-0.05, 0) is 25.2 Å². The second-order valence-corrected chi connectivity index (χ2v) is 4.26. The average Bonchev–Trinajstić information content (AvgIpc) is 2.14. The van der Waals surface area contributed by atoms with Crippen LogP contribution in [0.15, 0.2) is 0 Å². The number of rotatable bonds is 6. The van der Waals surface area contributed by atoms with Crippen molar-refractivity contribution in [1.82, 2.24) is 5.32 Å². The predicted molar refractivity (Wildman–Crippen MR) is 59.9 cm³/mol. The molecule has 3 heteroatoms. The number of carbonyl (C=O) groups excluding carboxylic acids is 1. The van der Waals surface area contributed by atoms with Crippen molar-refractivity contribution >= 4 is 5.91 Å². The Morgan fingerprint density at radius 2 is 1.86 bits per heavy atom. The quantitative estimate of drug-likeness (QED) is 0.685. The summed E-state index contributed by atoms with van der Waals surface area (Å²) >= 11 is 0. The van der Waals surface area contributed by atoms with E-state index in [4.69, 9.17) is 5.73 Å². The molecule has 84 valence electrons. The molecule has 0 radical (unpaired) electrons. The molecule has 0 fully saturated rings. The largest absolute Gasteiger partial charge is 0.352 e. The van der Waals surface area contributed by atoms with Gasteiger partial charge in [-0.3, -0.25) is 4.79 Å². The van der Waals surface area contributed by atoms with Crippen LogP contribution in [0.5, 0.6) is 0 Å². The summed E-state index contributed by atoms with van der Waals surface area (Å²) in [7, 11) is 0. The van der Waals surface area contributed by atoms with Gasteiger partial charge in [0.15, 0.2) is 0 Å². The van der Waals surface area contributed by atoms with E-state index >= 15 is 0 Å². The smallest absolute Gasteiger partial charge is 0.237 e. The summed E-state index contributed by atoms with van der Waals surface area (Å²) in [6.45, 7) is 8.33. The summed E-state index contributed by atoms with van der Waals surface area (Å²) in [5, 5.41) is 2.98. The molecule has 2 unspecified atom stereocenters. The highest BCUT2D eigenvalue weighted by atomic mass is 16.2. The number of amides is 1. The fraction of sp³-hybridized carbons (Fsp3) is 0.909. The zero-order valence-electron chi connectivity index (χ0n) is 9.84. The van der Waals surface area contributed by atoms with Gasteiger partial charge in [0, 0.05) is 6.04 Å². The first-order chi connectivity index (χ1) is 6.51. The molecule has 2 atom stereocenters. The molecule has 0 aliphatic heterocycles. The van der Waals surface area contributed by atoms with Crippen molar-refractivity contribution in [3.63, 3.8) is 0 Å². The van der Waals surface area contributed by atoms with Crippen LogP contribution in [-0.2, 0) is 4.79 Å². The number of nitrogens with two attached hydrogens (primary N) is 1. The molecule has 3 nitrogen and oxygen atoms in total. The number of nitrogens with one attached hydrogen (secondary N) is 1. The van der Waals surface area contributed by atoms with Gasteiger partial charge >= 0.3 is 0 Å². The molecule has 14 heavy (non-hydrogen) atoms. The first-order valence-electron chi connectivity index (χ1n) is 5.57. The highest BCUT2D eigenvalue weighted by Crippen LogP contribution is 2.07. The van der Waals surface area contributed by atoms with E-state index in [0.29, 0.717) is 12.3 Å². The number of hydrogen-bond acceptors (Lipinski definition) is 2. The van der Waals surface area contributed by atoms with E-state index in [1.165, 1.54) is 0 Å². The van der Waals surface area contributed by atoms with Gasteiger partial charge in [0.1, 0.15) is 0 Å². The summed E-state index contributed by atoms with van der Waals surface area (Å²) in [6.07, 6.45) is 2.70. The SMILES string of the molecule is CCC(CC(C)C)NC(=O)C(N)CC. The molecule has 0 aromatic heterocycles. The molecule has 0 saturated carbocycles. The Labute approximate surface area is 87.4 Å². The van der Waals surface area contributed by atoms with Gasteiger partial charge in [0.25, 0.3) is 0 Å². The molecule has 3 N–H and O–H groups in total. The third-order valence-electron chi connectivity index (χ3n) is 2.37. The van der Waals surface area contributed by atoms with E-state index in [2.05, 4.69) is 26.1 Å². The van der Waals surface area contributed by atoms with Gasteiger partial charge in [0.05, 0.1) is 6.04 Å². The minimum atomic E-state index is -0.351. The zero-order valence-corrected chi connectivity index (χ0v) is 9.84. The predicted octanol–water partition coefficient (Wildman–Crippen LogP) is 1.66. The van der Waals surface area contributed by atoms with Crippen molar-refractivity contribution in [3.05, 3.63) is 0 Å². The van der Waals surface area contributed by atoms with E-state index < -0.39 is 0 Å². The van der Waals surface area contributed by atoms with Crippen LogP contribution in [0.1, 0.15) is 47.0 Å². The van der Waals surface area contributed by atoms with Crippen molar-refractivity contribution in [3.8, 4) is 0 Å². The first-order valence-corrected chi connectivity index (χ1v) is 5.57. The Kier molecular flexibility index (Phi) is 6.54. The van der Waals surface area contributed by atoms with Gasteiger partial charge < -0.3 is 11.1 Å². The number of carbonyl (C=O) groups is 1. The molecular weight excluding hydrogens is 176 g/mol. The zero-order chi connectivity index (χ0) is 11.1. The molecule has 0 spiro atoms. The third kappa shape index (κ3) is 5.22. The maximum absolute atomic E-state index is 11.5. The second kappa shape index (κ2) is 6.82. The van der Waals surface area contributed by atoms with Gasteiger partial charge in [-0.15, -0.1) is 0 Å². The minimum Gasteiger partial charge on any atom is -0.352 e. The van der Waals surface area contributed by atoms with Crippen LogP contribution >= 0.6 is 0 Å². The highest BCUT2D eigenvalue weighted by Gasteiger charge is 2.15. The molecule has 0 aliphatic carbocycles. The lowest BCUT2D eigenvalue weighted by atomic mass is 10.0. The summed E-state index contributed by atoms with van der Waals surface area (Å²) in [5.74, 6) is 0.595. The van der Waals surface area contributed by atoms with Crippen LogP contribution in [0.3, 0.4) is 0 Å². The monoisotopic (exact) mass is 200 g/mol. The summed E-state index contributed by atoms with van der Waals surface area (Å²) in [6, 6.07) is -0.0729. The van der Waals surface area contributed by atoms with Crippen molar-refractivity contribution in [2.24, 2.45) is 11.7 Å². The standard InChI is InChI=1S/C11H24N2O/c1-5-9(7-8(3)4)13-11(14)10(12)6-2/h8-10H,5-7,12H2,1-4H3,(H,13,14). The Hall–Kier alpha value is -0.570. The second-order valence-electron chi connectivity index (χ2n) is 4.26. The van der Waals surface area contributed by atoms with E-state index in [-0.39, 0.29) is 18.0 Å². The summed E-state index contributed by atoms with van der Waals surface area (Å²) in [5.41, 5.74) is 5.64. The van der Waals surface area contributed by atoms with E-state index in [1.807, 2.05) is 6.92 Å². The van der Waals surface area contributed by atoms with Crippen molar-refractivity contribution in [1.29, 1.82) is 0 Å². The van der Waals surface area contributed by atoms with Crippen LogP contribution in [0.25, 0.3) is 0 Å². The molecule has 1 amide bonds. The fourth-order valence-corrected chi connectivity index (χ4v) is 1.39. The Morgan fingerprint density at radius 1 is 1.29 bits per heavy atom. The molecular formula is C11H24N2O. The lowest BCUT2D eigenvalue weighted by molar-refractivity contribution is -0.123. The summed E-state index contributed by atoms with van der Waals surface area (Å²) < 4.78 is 0. The van der Waals surface area contributed by atoms with Crippen LogP contribution in [-0.4, -0.2) is 18.0 Å². The fourth-order valence-electron chi connectivity index (χ4n) is 1.39. The normalized spacial score (nSPS) is 15.3. The Balaban J connectivity index is 3.98. The van der Waals surface area contributed by atoms with E-state index in [1.54, 1.807) is 0 Å². The minimum absolute atomic E-state index is 0.0139. The van der Waals surface area contributed by atoms with Gasteiger partial charge in [0.2, 0.25) is 5.91 Å². The Bertz CT molecular complexity index is 169. The van der Waals surface area contributed by atoms with Gasteiger partial charge in [-0.2, -0.15) is 0 Å². The Morgan fingerprint density at radius 3 is 2.21 bits per heavy atom.